The molecule has 0 unspecified atom stereocenters. The summed E-state index contributed by atoms with van der Waals surface area (Å²) in [5, 5.41) is 9.88. The molecule has 26 heavy (non-hydrogen) atoms. The number of β-amino-alcohol motifs (C(OH)–C–C–N with tert-alkyl or cyclic N) is 1. The molecule has 4 rings (SSSR count). The molecule has 0 fully saturated rings. The number of para-hydroxylation sites is 1. The average Bonchev–Trinajstić information content (AvgIpc) is 2.95. The summed E-state index contributed by atoms with van der Waals surface area (Å²) in [6.45, 7) is 2.03. The summed E-state index contributed by atoms with van der Waals surface area (Å²) >= 11 is 0. The van der Waals surface area contributed by atoms with E-state index in [-0.39, 0.29) is 30.2 Å². The molecular formula is C21H19NO4. The van der Waals surface area contributed by atoms with Crippen LogP contribution in [-0.4, -0.2) is 29.1 Å². The summed E-state index contributed by atoms with van der Waals surface area (Å²) in [6, 6.07) is 14.3. The van der Waals surface area contributed by atoms with Crippen LogP contribution in [0, 0.1) is 0 Å². The minimum atomic E-state index is -0.545. The molecule has 1 atom stereocenters. The van der Waals surface area contributed by atoms with Crippen molar-refractivity contribution in [1.29, 1.82) is 0 Å². The highest BCUT2D eigenvalue weighted by Crippen LogP contribution is 2.37. The standard InChI is InChI=1S/C21H19NO4/c1-2-13-7-9-14(10-8-13)18-17-19(24)15-5-3-4-6-16(15)26-20(17)21(25)22(18)11-12-23/h3-10,18,23H,2,11-12H2,1H3/t18-/m1/s1. The number of fused-ring (bicyclic) bond motifs is 2. The normalized spacial score (nSPS) is 16.3. The van der Waals surface area contributed by atoms with Crippen molar-refractivity contribution in [3.8, 4) is 0 Å². The number of aryl methyl sites for hydroxylation is 1. The van der Waals surface area contributed by atoms with Crippen molar-refractivity contribution < 1.29 is 14.3 Å². The van der Waals surface area contributed by atoms with Crippen LogP contribution in [-0.2, 0) is 6.42 Å². The van der Waals surface area contributed by atoms with Gasteiger partial charge in [0.2, 0.25) is 5.76 Å². The summed E-state index contributed by atoms with van der Waals surface area (Å²) < 4.78 is 5.80. The molecule has 0 aliphatic carbocycles. The van der Waals surface area contributed by atoms with Crippen molar-refractivity contribution in [3.63, 3.8) is 0 Å². The predicted molar refractivity (Wildman–Crippen MR) is 98.3 cm³/mol. The number of rotatable bonds is 4. The zero-order valence-corrected chi connectivity index (χ0v) is 14.4. The number of carbonyl (C=O) groups is 1. The molecule has 1 aliphatic heterocycles. The van der Waals surface area contributed by atoms with Crippen LogP contribution in [0.25, 0.3) is 11.0 Å². The van der Waals surface area contributed by atoms with Crippen LogP contribution in [0.3, 0.4) is 0 Å². The molecule has 2 heterocycles. The van der Waals surface area contributed by atoms with Crippen molar-refractivity contribution in [2.24, 2.45) is 0 Å². The number of hydrogen-bond acceptors (Lipinski definition) is 4. The Morgan fingerprint density at radius 2 is 1.81 bits per heavy atom. The lowest BCUT2D eigenvalue weighted by molar-refractivity contribution is 0.0691. The highest BCUT2D eigenvalue weighted by Gasteiger charge is 2.42. The van der Waals surface area contributed by atoms with Gasteiger partial charge in [-0.25, -0.2) is 0 Å². The quantitative estimate of drug-likeness (QED) is 0.786. The van der Waals surface area contributed by atoms with E-state index in [0.717, 1.165) is 12.0 Å². The first-order valence-electron chi connectivity index (χ1n) is 8.72. The SMILES string of the molecule is CCc1ccc([C@@H]2c3c(oc4ccccc4c3=O)C(=O)N2CCO)cc1. The summed E-state index contributed by atoms with van der Waals surface area (Å²) in [4.78, 5) is 27.5. The van der Waals surface area contributed by atoms with Crippen molar-refractivity contribution in [3.05, 3.63) is 81.2 Å². The van der Waals surface area contributed by atoms with E-state index in [0.29, 0.717) is 16.5 Å². The largest absolute Gasteiger partial charge is 0.450 e. The Kier molecular flexibility index (Phi) is 4.09. The fourth-order valence-corrected chi connectivity index (χ4v) is 3.59. The molecule has 1 aliphatic rings. The average molecular weight is 349 g/mol. The molecule has 0 spiro atoms. The van der Waals surface area contributed by atoms with Gasteiger partial charge in [0.25, 0.3) is 5.91 Å². The Labute approximate surface area is 150 Å². The number of carbonyl (C=O) groups excluding carboxylic acids is 1. The first-order chi connectivity index (χ1) is 12.7. The molecule has 132 valence electrons. The van der Waals surface area contributed by atoms with Gasteiger partial charge in [-0.3, -0.25) is 9.59 Å². The van der Waals surface area contributed by atoms with Gasteiger partial charge in [-0.2, -0.15) is 0 Å². The molecule has 0 saturated carbocycles. The Balaban J connectivity index is 1.96. The minimum absolute atomic E-state index is 0.0757. The number of hydrogen-bond donors (Lipinski definition) is 1. The third-order valence-corrected chi connectivity index (χ3v) is 4.92. The van der Waals surface area contributed by atoms with Crippen molar-refractivity contribution in [2.75, 3.05) is 13.2 Å². The van der Waals surface area contributed by atoms with E-state index in [1.54, 1.807) is 24.3 Å². The number of aliphatic hydroxyl groups is 1. The highest BCUT2D eigenvalue weighted by atomic mass is 16.3. The Morgan fingerprint density at radius 3 is 2.50 bits per heavy atom. The van der Waals surface area contributed by atoms with Crippen LogP contribution >= 0.6 is 0 Å². The predicted octanol–water partition coefficient (Wildman–Crippen LogP) is 2.89. The third kappa shape index (κ3) is 2.44. The summed E-state index contributed by atoms with van der Waals surface area (Å²) in [6.07, 6.45) is 0.910. The first-order valence-corrected chi connectivity index (χ1v) is 8.72. The summed E-state index contributed by atoms with van der Waals surface area (Å²) in [5.74, 6) is -0.284. The number of nitrogens with zero attached hydrogens (tertiary/aromatic N) is 1. The maximum Gasteiger partial charge on any atom is 0.290 e. The fraction of sp³-hybridized carbons (Fsp3) is 0.238. The van der Waals surface area contributed by atoms with E-state index in [2.05, 4.69) is 6.92 Å². The zero-order chi connectivity index (χ0) is 18.3. The van der Waals surface area contributed by atoms with Crippen molar-refractivity contribution in [1.82, 2.24) is 4.90 Å². The van der Waals surface area contributed by atoms with E-state index < -0.39 is 6.04 Å². The molecule has 1 aromatic heterocycles. The zero-order valence-electron chi connectivity index (χ0n) is 14.4. The number of benzene rings is 2. The maximum atomic E-state index is 13.1. The molecular weight excluding hydrogens is 330 g/mol. The summed E-state index contributed by atoms with van der Waals surface area (Å²) in [7, 11) is 0. The monoisotopic (exact) mass is 349 g/mol. The molecule has 0 radical (unpaired) electrons. The second-order valence-corrected chi connectivity index (χ2v) is 6.39. The van der Waals surface area contributed by atoms with Gasteiger partial charge in [0.15, 0.2) is 5.43 Å². The van der Waals surface area contributed by atoms with E-state index in [1.807, 2.05) is 24.3 Å². The van der Waals surface area contributed by atoms with E-state index in [9.17, 15) is 14.7 Å². The van der Waals surface area contributed by atoms with Gasteiger partial charge >= 0.3 is 0 Å². The smallest absolute Gasteiger partial charge is 0.290 e. The van der Waals surface area contributed by atoms with E-state index in [1.165, 1.54) is 10.5 Å². The van der Waals surface area contributed by atoms with Gasteiger partial charge in [0.1, 0.15) is 5.58 Å². The van der Waals surface area contributed by atoms with Crippen LogP contribution in [0.1, 0.15) is 40.2 Å². The van der Waals surface area contributed by atoms with Gasteiger partial charge in [0.05, 0.1) is 23.6 Å². The second kappa shape index (κ2) is 6.42. The lowest BCUT2D eigenvalue weighted by atomic mass is 9.97. The molecule has 0 saturated heterocycles. The van der Waals surface area contributed by atoms with Crippen LogP contribution < -0.4 is 5.43 Å². The first kappa shape index (κ1) is 16.5. The van der Waals surface area contributed by atoms with Crippen molar-refractivity contribution >= 4 is 16.9 Å². The van der Waals surface area contributed by atoms with Crippen LogP contribution in [0.4, 0.5) is 0 Å². The summed E-state index contributed by atoms with van der Waals surface area (Å²) in [5.41, 5.74) is 2.57. The van der Waals surface area contributed by atoms with Gasteiger partial charge in [0, 0.05) is 6.54 Å². The van der Waals surface area contributed by atoms with E-state index >= 15 is 0 Å². The lowest BCUT2D eigenvalue weighted by Gasteiger charge is -2.24. The van der Waals surface area contributed by atoms with Gasteiger partial charge in [-0.05, 0) is 29.7 Å². The maximum absolute atomic E-state index is 13.1. The molecule has 1 amide bonds. The Morgan fingerprint density at radius 1 is 1.08 bits per heavy atom. The van der Waals surface area contributed by atoms with E-state index in [4.69, 9.17) is 4.42 Å². The van der Waals surface area contributed by atoms with Crippen LogP contribution in [0.5, 0.6) is 0 Å². The number of amides is 1. The van der Waals surface area contributed by atoms with Gasteiger partial charge in [-0.1, -0.05) is 43.3 Å². The molecule has 3 aromatic rings. The topological polar surface area (TPSA) is 70.8 Å². The second-order valence-electron chi connectivity index (χ2n) is 6.39. The minimum Gasteiger partial charge on any atom is -0.450 e. The van der Waals surface area contributed by atoms with Gasteiger partial charge < -0.3 is 14.4 Å². The Hall–Kier alpha value is -2.92. The molecule has 1 N–H and O–H groups in total. The van der Waals surface area contributed by atoms with Crippen molar-refractivity contribution in [2.45, 2.75) is 19.4 Å². The van der Waals surface area contributed by atoms with Crippen LogP contribution in [0.15, 0.2) is 57.7 Å². The van der Waals surface area contributed by atoms with Crippen LogP contribution in [0.2, 0.25) is 0 Å². The Bertz CT molecular complexity index is 1040. The molecule has 5 heteroatoms. The third-order valence-electron chi connectivity index (χ3n) is 4.92. The number of aliphatic hydroxyl groups excluding tert-OH is 1. The molecule has 5 nitrogen and oxygen atoms in total. The highest BCUT2D eigenvalue weighted by molar-refractivity contribution is 5.99. The lowest BCUT2D eigenvalue weighted by Crippen LogP contribution is -2.32. The molecule has 0 bridgehead atoms. The van der Waals surface area contributed by atoms with Gasteiger partial charge in [-0.15, -0.1) is 0 Å². The fourth-order valence-electron chi connectivity index (χ4n) is 3.59. The molecule has 2 aromatic carbocycles.